The van der Waals surface area contributed by atoms with E-state index < -0.39 is 41.2 Å². The molecule has 0 radical (unpaired) electrons. The van der Waals surface area contributed by atoms with E-state index >= 15 is 8.78 Å². The Kier molecular flexibility index (Phi) is 8.87. The number of benzene rings is 2. The third kappa shape index (κ3) is 6.34. The van der Waals surface area contributed by atoms with Crippen LogP contribution in [0.3, 0.4) is 0 Å². The molecule has 3 saturated heterocycles. The van der Waals surface area contributed by atoms with Gasteiger partial charge in [-0.2, -0.15) is 15.0 Å². The molecule has 4 aromatic rings. The van der Waals surface area contributed by atoms with E-state index in [4.69, 9.17) is 14.3 Å². The molecule has 266 valence electrons. The highest BCUT2D eigenvalue weighted by molar-refractivity contribution is 6.01. The van der Waals surface area contributed by atoms with Gasteiger partial charge in [-0.15, -0.1) is 0 Å². The van der Waals surface area contributed by atoms with Crippen LogP contribution in [0.1, 0.15) is 65.4 Å². The molecule has 2 aromatic carbocycles. The van der Waals surface area contributed by atoms with Crippen LogP contribution in [0.15, 0.2) is 30.5 Å². The topological polar surface area (TPSA) is 122 Å². The number of hydrogen-bond donors (Lipinski definition) is 2. The van der Waals surface area contributed by atoms with E-state index in [9.17, 15) is 14.3 Å². The second kappa shape index (κ2) is 13.0. The van der Waals surface area contributed by atoms with Crippen molar-refractivity contribution in [3.8, 4) is 23.0 Å². The summed E-state index contributed by atoms with van der Waals surface area (Å²) < 4.78 is 58.2. The highest BCUT2D eigenvalue weighted by Gasteiger charge is 2.49. The lowest BCUT2D eigenvalue weighted by Crippen LogP contribution is -2.49. The number of nitrogens with zero attached hydrogens (tertiary/aromatic N) is 5. The SMILES string of the molecule is CCc1c(F)ccc2cc(O)cc(-c3ncc4c(NC5CCCON5C(=O)OC(C)(C)C)nc(OC[C@@]56CCCN5C[C@H](F)C6)nc4c3F)c12. The minimum Gasteiger partial charge on any atom is -0.508 e. The predicted molar refractivity (Wildman–Crippen MR) is 180 cm³/mol. The van der Waals surface area contributed by atoms with Crippen LogP contribution in [0.4, 0.5) is 23.8 Å². The fourth-order valence-corrected chi connectivity index (χ4v) is 7.50. The van der Waals surface area contributed by atoms with Gasteiger partial charge in [0.15, 0.2) is 5.82 Å². The number of phenols is 1. The van der Waals surface area contributed by atoms with Gasteiger partial charge < -0.3 is 19.9 Å². The number of anilines is 1. The molecule has 7 rings (SSSR count). The molecule has 2 aromatic heterocycles. The van der Waals surface area contributed by atoms with Gasteiger partial charge in [-0.05, 0) is 94.0 Å². The van der Waals surface area contributed by atoms with E-state index in [2.05, 4.69) is 25.2 Å². The lowest BCUT2D eigenvalue weighted by Gasteiger charge is -2.36. The van der Waals surface area contributed by atoms with Crippen LogP contribution in [0, 0.1) is 11.6 Å². The second-order valence-electron chi connectivity index (χ2n) is 14.3. The van der Waals surface area contributed by atoms with E-state index in [1.165, 1.54) is 30.5 Å². The molecule has 0 aliphatic carbocycles. The van der Waals surface area contributed by atoms with E-state index in [-0.39, 0.29) is 46.3 Å². The molecule has 14 heteroatoms. The Balaban J connectivity index is 1.34. The highest BCUT2D eigenvalue weighted by atomic mass is 19.1. The molecule has 50 heavy (non-hydrogen) atoms. The minimum atomic E-state index is -0.972. The Bertz CT molecular complexity index is 1960. The maximum atomic E-state index is 16.9. The summed E-state index contributed by atoms with van der Waals surface area (Å²) in [6.07, 6.45) is 2.35. The van der Waals surface area contributed by atoms with Gasteiger partial charge in [0.1, 0.15) is 53.1 Å². The molecular weight excluding hydrogens is 653 g/mol. The number of aromatic nitrogens is 3. The largest absolute Gasteiger partial charge is 0.508 e. The van der Waals surface area contributed by atoms with Gasteiger partial charge in [-0.1, -0.05) is 13.0 Å². The van der Waals surface area contributed by atoms with Gasteiger partial charge in [0.25, 0.3) is 0 Å². The Morgan fingerprint density at radius 3 is 2.80 bits per heavy atom. The number of aryl methyl sites for hydroxylation is 1. The average Bonchev–Trinajstić information content (AvgIpc) is 3.59. The van der Waals surface area contributed by atoms with Crippen LogP contribution in [-0.4, -0.2) is 85.9 Å². The van der Waals surface area contributed by atoms with Gasteiger partial charge in [0.2, 0.25) is 0 Å². The maximum absolute atomic E-state index is 16.9. The van der Waals surface area contributed by atoms with E-state index in [1.807, 2.05) is 0 Å². The quantitative estimate of drug-likeness (QED) is 0.208. The van der Waals surface area contributed by atoms with Crippen LogP contribution in [0.25, 0.3) is 32.9 Å². The summed E-state index contributed by atoms with van der Waals surface area (Å²) in [7, 11) is 0. The molecule has 0 spiro atoms. The second-order valence-corrected chi connectivity index (χ2v) is 14.3. The number of phenolic OH excluding ortho intramolecular Hbond substituents is 1. The number of pyridine rings is 1. The number of carbonyl (C=O) groups excluding carboxylic acids is 1. The van der Waals surface area contributed by atoms with Crippen molar-refractivity contribution in [3.63, 3.8) is 0 Å². The monoisotopic (exact) mass is 694 g/mol. The number of hydrogen-bond acceptors (Lipinski definition) is 10. The van der Waals surface area contributed by atoms with Gasteiger partial charge in [0.05, 0.1) is 17.5 Å². The summed E-state index contributed by atoms with van der Waals surface area (Å²) in [4.78, 5) is 34.5. The van der Waals surface area contributed by atoms with Crippen molar-refractivity contribution < 1.29 is 37.4 Å². The predicted octanol–water partition coefficient (Wildman–Crippen LogP) is 7.05. The third-order valence-electron chi connectivity index (χ3n) is 9.67. The molecule has 11 nitrogen and oxygen atoms in total. The molecule has 3 aliphatic heterocycles. The van der Waals surface area contributed by atoms with Gasteiger partial charge in [0, 0.05) is 24.7 Å². The summed E-state index contributed by atoms with van der Waals surface area (Å²) >= 11 is 0. The zero-order valence-electron chi connectivity index (χ0n) is 28.6. The lowest BCUT2D eigenvalue weighted by molar-refractivity contribution is -0.186. The van der Waals surface area contributed by atoms with Crippen LogP contribution in [0.5, 0.6) is 11.8 Å². The molecule has 5 heterocycles. The van der Waals surface area contributed by atoms with Crippen LogP contribution >= 0.6 is 0 Å². The zero-order chi connectivity index (χ0) is 35.4. The van der Waals surface area contributed by atoms with Gasteiger partial charge in [-0.3, -0.25) is 14.7 Å². The summed E-state index contributed by atoms with van der Waals surface area (Å²) in [5, 5.41) is 16.1. The van der Waals surface area contributed by atoms with Crippen LogP contribution < -0.4 is 10.1 Å². The Morgan fingerprint density at radius 1 is 1.20 bits per heavy atom. The minimum absolute atomic E-state index is 0.102. The molecule has 1 amide bonds. The molecule has 2 N–H and O–H groups in total. The van der Waals surface area contributed by atoms with Crippen molar-refractivity contribution in [2.75, 3.05) is 31.6 Å². The molecule has 1 unspecified atom stereocenters. The number of rotatable bonds is 7. The molecular formula is C36H41F3N6O5. The molecule has 3 atom stereocenters. The number of fused-ring (bicyclic) bond motifs is 3. The Morgan fingerprint density at radius 2 is 2.02 bits per heavy atom. The van der Waals surface area contributed by atoms with Gasteiger partial charge >= 0.3 is 12.1 Å². The van der Waals surface area contributed by atoms with Crippen molar-refractivity contribution in [2.24, 2.45) is 0 Å². The number of carbonyl (C=O) groups is 1. The molecule has 3 aliphatic rings. The molecule has 3 fully saturated rings. The van der Waals surface area contributed by atoms with E-state index in [0.717, 1.165) is 24.4 Å². The van der Waals surface area contributed by atoms with Gasteiger partial charge in [-0.25, -0.2) is 18.0 Å². The average molecular weight is 695 g/mol. The van der Waals surface area contributed by atoms with E-state index in [0.29, 0.717) is 55.2 Å². The summed E-state index contributed by atoms with van der Waals surface area (Å²) in [6, 6.07) is 5.54. The molecule has 0 bridgehead atoms. The van der Waals surface area contributed by atoms with Crippen LogP contribution in [0.2, 0.25) is 0 Å². The van der Waals surface area contributed by atoms with Crippen molar-refractivity contribution in [2.45, 2.75) is 89.7 Å². The number of nitrogens with one attached hydrogen (secondary N) is 1. The van der Waals surface area contributed by atoms with Crippen molar-refractivity contribution in [3.05, 3.63) is 47.7 Å². The van der Waals surface area contributed by atoms with Crippen molar-refractivity contribution in [1.29, 1.82) is 0 Å². The fourth-order valence-electron chi connectivity index (χ4n) is 7.50. The zero-order valence-corrected chi connectivity index (χ0v) is 28.6. The first-order valence-electron chi connectivity index (χ1n) is 17.1. The Labute approximate surface area is 287 Å². The number of amides is 1. The summed E-state index contributed by atoms with van der Waals surface area (Å²) in [5.74, 6) is -1.31. The van der Waals surface area contributed by atoms with Crippen molar-refractivity contribution in [1.82, 2.24) is 24.9 Å². The van der Waals surface area contributed by atoms with Crippen LogP contribution in [-0.2, 0) is 16.0 Å². The number of alkyl halides is 1. The number of ether oxygens (including phenoxy) is 2. The first-order chi connectivity index (χ1) is 23.9. The first kappa shape index (κ1) is 34.0. The number of halogens is 3. The maximum Gasteiger partial charge on any atom is 0.436 e. The normalized spacial score (nSPS) is 22.7. The third-order valence-corrected chi connectivity index (χ3v) is 9.67. The first-order valence-corrected chi connectivity index (χ1v) is 17.1. The lowest BCUT2D eigenvalue weighted by atomic mass is 9.94. The van der Waals surface area contributed by atoms with Crippen molar-refractivity contribution >= 4 is 33.6 Å². The number of aromatic hydroxyl groups is 1. The standard InChI is InChI=1S/C36H41F3N6O5/c1-5-23-26(38)10-9-20-14-22(46)15-24(28(20)23)30-29(39)31-25(17-40-30)32(41-27-8-6-13-49-45(27)34(47)50-35(2,3)4)43-33(42-31)48-19-36-11-7-12-44(36)18-21(37)16-36/h9-10,14-15,17,21,27,46H,5-8,11-13,16,18-19H2,1-4H3,(H,41,42,43)/t21-,27?,36+/m1/s1. The summed E-state index contributed by atoms with van der Waals surface area (Å²) in [5.41, 5.74) is -1.04. The smallest absolute Gasteiger partial charge is 0.436 e. The fraction of sp³-hybridized carbons (Fsp3) is 0.500. The van der Waals surface area contributed by atoms with E-state index in [1.54, 1.807) is 27.7 Å². The Hall–Kier alpha value is -4.43. The highest BCUT2D eigenvalue weighted by Crippen LogP contribution is 2.42. The molecule has 0 saturated carbocycles. The summed E-state index contributed by atoms with van der Waals surface area (Å²) in [6.45, 7) is 8.53. The number of hydroxylamine groups is 2.